The minimum atomic E-state index is -1.30. The zero-order valence-electron chi connectivity index (χ0n) is 7.86. The van der Waals surface area contributed by atoms with Gasteiger partial charge in [-0.2, -0.15) is 5.10 Å². The summed E-state index contributed by atoms with van der Waals surface area (Å²) in [4.78, 5) is 10.5. The largest absolute Gasteiger partial charge is 0.465 e. The van der Waals surface area contributed by atoms with Gasteiger partial charge in [0.05, 0.1) is 11.2 Å². The molecule has 2 N–H and O–H groups in total. The highest BCUT2D eigenvalue weighted by Crippen LogP contribution is 2.25. The van der Waals surface area contributed by atoms with Crippen LogP contribution in [0.25, 0.3) is 10.9 Å². The van der Waals surface area contributed by atoms with Crippen molar-refractivity contribution in [1.82, 2.24) is 9.78 Å². The second-order valence-electron chi connectivity index (χ2n) is 3.09. The van der Waals surface area contributed by atoms with Crippen LogP contribution in [0.3, 0.4) is 0 Å². The lowest BCUT2D eigenvalue weighted by atomic mass is 10.2. The van der Waals surface area contributed by atoms with Crippen LogP contribution in [0.5, 0.6) is 0 Å². The molecule has 0 radical (unpaired) electrons. The number of aryl methyl sites for hydroxylation is 1. The van der Waals surface area contributed by atoms with E-state index in [9.17, 15) is 9.18 Å². The summed E-state index contributed by atoms with van der Waals surface area (Å²) in [5, 5.41) is 15.1. The molecule has 0 unspecified atom stereocenters. The molecule has 1 aromatic heterocycles. The van der Waals surface area contributed by atoms with E-state index in [0.29, 0.717) is 10.9 Å². The van der Waals surface area contributed by atoms with Gasteiger partial charge in [0.1, 0.15) is 5.82 Å². The third-order valence-corrected chi connectivity index (χ3v) is 1.98. The lowest BCUT2D eigenvalue weighted by Crippen LogP contribution is -2.08. The molecule has 5 nitrogen and oxygen atoms in total. The smallest absolute Gasteiger partial charge is 0.409 e. The monoisotopic (exact) mass is 209 g/mol. The van der Waals surface area contributed by atoms with Gasteiger partial charge in [-0.25, -0.2) is 9.18 Å². The Hall–Kier alpha value is -2.11. The highest BCUT2D eigenvalue weighted by atomic mass is 19.1. The van der Waals surface area contributed by atoms with E-state index in [-0.39, 0.29) is 5.69 Å². The Balaban J connectivity index is 2.67. The van der Waals surface area contributed by atoms with E-state index in [1.54, 1.807) is 13.2 Å². The molecule has 1 aromatic carbocycles. The van der Waals surface area contributed by atoms with Crippen LogP contribution in [0.15, 0.2) is 18.3 Å². The number of rotatable bonds is 1. The van der Waals surface area contributed by atoms with Crippen molar-refractivity contribution < 1.29 is 14.3 Å². The van der Waals surface area contributed by atoms with Gasteiger partial charge >= 0.3 is 6.09 Å². The van der Waals surface area contributed by atoms with Crippen molar-refractivity contribution in [3.05, 3.63) is 24.1 Å². The van der Waals surface area contributed by atoms with E-state index in [4.69, 9.17) is 5.11 Å². The normalized spacial score (nSPS) is 10.5. The summed E-state index contributed by atoms with van der Waals surface area (Å²) in [6, 6.07) is 2.68. The van der Waals surface area contributed by atoms with E-state index < -0.39 is 11.9 Å². The molecular formula is C9H8FN3O2. The molecule has 1 heterocycles. The minimum Gasteiger partial charge on any atom is -0.465 e. The number of nitrogens with one attached hydrogen (secondary N) is 1. The van der Waals surface area contributed by atoms with Crippen molar-refractivity contribution in [3.8, 4) is 0 Å². The highest BCUT2D eigenvalue weighted by Gasteiger charge is 2.12. The first-order valence-corrected chi connectivity index (χ1v) is 4.20. The van der Waals surface area contributed by atoms with E-state index in [1.807, 2.05) is 5.32 Å². The van der Waals surface area contributed by atoms with Gasteiger partial charge in [0.2, 0.25) is 0 Å². The molecule has 78 valence electrons. The van der Waals surface area contributed by atoms with Crippen molar-refractivity contribution >= 4 is 22.7 Å². The first-order valence-electron chi connectivity index (χ1n) is 4.20. The van der Waals surface area contributed by atoms with E-state index in [2.05, 4.69) is 5.10 Å². The van der Waals surface area contributed by atoms with Crippen LogP contribution < -0.4 is 5.32 Å². The van der Waals surface area contributed by atoms with Crippen LogP contribution in [0.1, 0.15) is 0 Å². The maximum absolute atomic E-state index is 13.3. The van der Waals surface area contributed by atoms with Crippen molar-refractivity contribution in [2.24, 2.45) is 7.05 Å². The molecule has 0 aliphatic heterocycles. The summed E-state index contributed by atoms with van der Waals surface area (Å²) in [5.74, 6) is -0.613. The van der Waals surface area contributed by atoms with Crippen molar-refractivity contribution in [2.75, 3.05) is 5.32 Å². The van der Waals surface area contributed by atoms with Gasteiger partial charge in [0.15, 0.2) is 0 Å². The summed E-state index contributed by atoms with van der Waals surface area (Å²) in [5.41, 5.74) is 0.482. The predicted octanol–water partition coefficient (Wildman–Crippen LogP) is 1.80. The van der Waals surface area contributed by atoms with Gasteiger partial charge in [-0.3, -0.25) is 10.00 Å². The molecule has 1 amide bonds. The van der Waals surface area contributed by atoms with Crippen LogP contribution in [-0.4, -0.2) is 21.0 Å². The molecule has 0 saturated heterocycles. The van der Waals surface area contributed by atoms with Gasteiger partial charge in [-0.05, 0) is 12.1 Å². The van der Waals surface area contributed by atoms with Crippen LogP contribution >= 0.6 is 0 Å². The third kappa shape index (κ3) is 1.61. The molecule has 0 aliphatic rings. The molecule has 15 heavy (non-hydrogen) atoms. The Morgan fingerprint density at radius 3 is 3.00 bits per heavy atom. The quantitative estimate of drug-likeness (QED) is 0.752. The van der Waals surface area contributed by atoms with E-state index in [0.717, 1.165) is 0 Å². The molecule has 0 atom stereocenters. The lowest BCUT2D eigenvalue weighted by Gasteiger charge is -2.02. The predicted molar refractivity (Wildman–Crippen MR) is 52.3 cm³/mol. The van der Waals surface area contributed by atoms with Gasteiger partial charge in [0.25, 0.3) is 0 Å². The number of hydrogen-bond donors (Lipinski definition) is 2. The van der Waals surface area contributed by atoms with Crippen molar-refractivity contribution in [2.45, 2.75) is 0 Å². The third-order valence-electron chi connectivity index (χ3n) is 1.98. The number of carbonyl (C=O) groups is 1. The SMILES string of the molecule is Cn1cc2c(NC(=O)O)c(F)ccc2n1. The number of halogens is 1. The van der Waals surface area contributed by atoms with E-state index >= 15 is 0 Å². The molecule has 0 aliphatic carbocycles. The Labute approximate surface area is 84.1 Å². The Morgan fingerprint density at radius 2 is 2.33 bits per heavy atom. The number of nitrogens with zero attached hydrogens (tertiary/aromatic N) is 2. The molecule has 2 rings (SSSR count). The maximum atomic E-state index is 13.3. The standard InChI is InChI=1S/C9H8FN3O2/c1-13-4-5-7(12-13)3-2-6(10)8(5)11-9(14)15/h2-4,11H,1H3,(H,14,15). The number of benzene rings is 1. The molecule has 0 spiro atoms. The maximum Gasteiger partial charge on any atom is 0.409 e. The minimum absolute atomic E-state index is 0.0619. The number of carboxylic acid groups (broad SMARTS) is 1. The summed E-state index contributed by atoms with van der Waals surface area (Å²) < 4.78 is 14.8. The fourth-order valence-corrected chi connectivity index (χ4v) is 1.42. The zero-order valence-corrected chi connectivity index (χ0v) is 7.86. The summed E-state index contributed by atoms with van der Waals surface area (Å²) in [6.45, 7) is 0. The Bertz CT molecular complexity index is 535. The number of hydrogen-bond acceptors (Lipinski definition) is 2. The van der Waals surface area contributed by atoms with Gasteiger partial charge in [-0.15, -0.1) is 0 Å². The van der Waals surface area contributed by atoms with E-state index in [1.165, 1.54) is 16.8 Å². The fraction of sp³-hybridized carbons (Fsp3) is 0.111. The van der Waals surface area contributed by atoms with Gasteiger partial charge in [0, 0.05) is 18.6 Å². The fourth-order valence-electron chi connectivity index (χ4n) is 1.42. The van der Waals surface area contributed by atoms with Crippen molar-refractivity contribution in [1.29, 1.82) is 0 Å². The average molecular weight is 209 g/mol. The highest BCUT2D eigenvalue weighted by molar-refractivity contribution is 5.98. The summed E-state index contributed by atoms with van der Waals surface area (Å²) in [7, 11) is 1.68. The number of amides is 1. The first kappa shape index (κ1) is 9.45. The molecule has 0 fully saturated rings. The van der Waals surface area contributed by atoms with Crippen LogP contribution in [-0.2, 0) is 7.05 Å². The lowest BCUT2D eigenvalue weighted by molar-refractivity contribution is 0.209. The molecule has 0 bridgehead atoms. The topological polar surface area (TPSA) is 67.2 Å². The Morgan fingerprint density at radius 1 is 1.60 bits per heavy atom. The molecule has 6 heteroatoms. The summed E-state index contributed by atoms with van der Waals surface area (Å²) >= 11 is 0. The van der Waals surface area contributed by atoms with Gasteiger partial charge in [-0.1, -0.05) is 0 Å². The molecule has 0 saturated carbocycles. The second kappa shape index (κ2) is 3.23. The Kier molecular flexibility index (Phi) is 2.03. The van der Waals surface area contributed by atoms with Crippen molar-refractivity contribution in [3.63, 3.8) is 0 Å². The second-order valence-corrected chi connectivity index (χ2v) is 3.09. The van der Waals surface area contributed by atoms with Crippen LogP contribution in [0.4, 0.5) is 14.9 Å². The number of anilines is 1. The number of fused-ring (bicyclic) bond motifs is 1. The van der Waals surface area contributed by atoms with Crippen LogP contribution in [0, 0.1) is 5.82 Å². The van der Waals surface area contributed by atoms with Crippen LogP contribution in [0.2, 0.25) is 0 Å². The van der Waals surface area contributed by atoms with Gasteiger partial charge < -0.3 is 5.11 Å². The first-order chi connectivity index (χ1) is 7.08. The molecule has 2 aromatic rings. The zero-order chi connectivity index (χ0) is 11.0. The average Bonchev–Trinajstić information content (AvgIpc) is 2.51. The number of aromatic nitrogens is 2. The summed E-state index contributed by atoms with van der Waals surface area (Å²) in [6.07, 6.45) is 0.259. The molecular weight excluding hydrogens is 201 g/mol.